The number of carbonyl (C=O) groups is 1. The van der Waals surface area contributed by atoms with Gasteiger partial charge in [0.25, 0.3) is 0 Å². The van der Waals surface area contributed by atoms with Gasteiger partial charge in [-0.05, 0) is 81.5 Å². The van der Waals surface area contributed by atoms with Crippen LogP contribution in [0.2, 0.25) is 0 Å². The number of nitrogens with one attached hydrogen (secondary N) is 1. The zero-order valence-electron chi connectivity index (χ0n) is 14.1. The number of ether oxygens (including phenoxy) is 1. The van der Waals surface area contributed by atoms with Crippen LogP contribution in [0.5, 0.6) is 0 Å². The van der Waals surface area contributed by atoms with Crippen LogP contribution in [0.15, 0.2) is 0 Å². The summed E-state index contributed by atoms with van der Waals surface area (Å²) in [4.78, 5) is 12.5. The first-order chi connectivity index (χ1) is 10.6. The number of halogens is 1. The Morgan fingerprint density at radius 1 is 1.17 bits per heavy atom. The van der Waals surface area contributed by atoms with E-state index in [0.717, 1.165) is 30.6 Å². The van der Waals surface area contributed by atoms with E-state index in [1.807, 2.05) is 0 Å². The Labute approximate surface area is 145 Å². The van der Waals surface area contributed by atoms with Crippen LogP contribution < -0.4 is 11.1 Å². The average Bonchev–Trinajstić information content (AvgIpc) is 2.94. The van der Waals surface area contributed by atoms with Crippen LogP contribution in [0.4, 0.5) is 0 Å². The van der Waals surface area contributed by atoms with Crippen LogP contribution in [-0.4, -0.2) is 30.7 Å². The fourth-order valence-corrected chi connectivity index (χ4v) is 6.24. The lowest BCUT2D eigenvalue weighted by molar-refractivity contribution is -0.136. The highest BCUT2D eigenvalue weighted by Gasteiger charge is 2.53. The number of rotatable bonds is 4. The molecule has 5 heteroatoms. The summed E-state index contributed by atoms with van der Waals surface area (Å²) >= 11 is 0. The minimum atomic E-state index is -0.273. The van der Waals surface area contributed by atoms with Crippen molar-refractivity contribution in [1.82, 2.24) is 5.32 Å². The molecular weight excluding hydrogens is 312 g/mol. The molecule has 1 heterocycles. The van der Waals surface area contributed by atoms with Gasteiger partial charge in [0, 0.05) is 12.6 Å². The summed E-state index contributed by atoms with van der Waals surface area (Å²) < 4.78 is 5.76. The Morgan fingerprint density at radius 3 is 2.22 bits per heavy atom. The highest BCUT2D eigenvalue weighted by Crippen LogP contribution is 2.61. The molecule has 5 rings (SSSR count). The van der Waals surface area contributed by atoms with Gasteiger partial charge in [-0.25, -0.2) is 0 Å². The second-order valence-electron chi connectivity index (χ2n) is 8.57. The number of hydrogen-bond donors (Lipinski definition) is 2. The first kappa shape index (κ1) is 17.5. The predicted octanol–water partition coefficient (Wildman–Crippen LogP) is 2.64. The zero-order valence-corrected chi connectivity index (χ0v) is 14.9. The van der Waals surface area contributed by atoms with Crippen molar-refractivity contribution in [3.8, 4) is 0 Å². The minimum Gasteiger partial charge on any atom is -0.364 e. The molecule has 0 radical (unpaired) electrons. The Balaban J connectivity index is 0.00000156. The van der Waals surface area contributed by atoms with E-state index in [4.69, 9.17) is 10.5 Å². The lowest BCUT2D eigenvalue weighted by Crippen LogP contribution is -2.57. The summed E-state index contributed by atoms with van der Waals surface area (Å²) in [6.07, 6.45) is 9.88. The van der Waals surface area contributed by atoms with E-state index >= 15 is 0 Å². The largest absolute Gasteiger partial charge is 0.364 e. The number of amides is 1. The molecule has 4 bridgehead atoms. The zero-order chi connectivity index (χ0) is 15.3. The Morgan fingerprint density at radius 2 is 1.74 bits per heavy atom. The van der Waals surface area contributed by atoms with Crippen LogP contribution in [0.25, 0.3) is 0 Å². The monoisotopic (exact) mass is 342 g/mol. The standard InChI is InChI=1S/C18H30N2O2.ClH/c1-11(20-17(21)16-3-2-15(10-19)22-16)18-7-12-4-13(8-18)6-14(5-12)9-18;/h11-16H,2-10,19H2,1H3,(H,20,21);1H/t11?,12?,13?,14?,15-,16+,18?;/m1./s1. The lowest BCUT2D eigenvalue weighted by Gasteiger charge is -2.59. The van der Waals surface area contributed by atoms with Crippen LogP contribution in [0.3, 0.4) is 0 Å². The normalized spacial score (nSPS) is 45.6. The van der Waals surface area contributed by atoms with E-state index in [1.165, 1.54) is 38.5 Å². The molecule has 1 amide bonds. The summed E-state index contributed by atoms with van der Waals surface area (Å²) in [6, 6.07) is 0.286. The SMILES string of the molecule is CC(NC(=O)[C@@H]1CC[C@H](CN)O1)C12CC3CC(CC(C3)C1)C2.Cl. The average molecular weight is 343 g/mol. The number of carbonyl (C=O) groups excluding carboxylic acids is 1. The molecule has 4 aliphatic carbocycles. The molecule has 1 unspecified atom stereocenters. The van der Waals surface area contributed by atoms with E-state index in [-0.39, 0.29) is 36.6 Å². The fraction of sp³-hybridized carbons (Fsp3) is 0.944. The van der Waals surface area contributed by atoms with E-state index in [1.54, 1.807) is 0 Å². The molecular formula is C18H31ClN2O2. The van der Waals surface area contributed by atoms with Gasteiger partial charge in [0.1, 0.15) is 6.10 Å². The van der Waals surface area contributed by atoms with E-state index in [2.05, 4.69) is 12.2 Å². The molecule has 3 atom stereocenters. The van der Waals surface area contributed by atoms with E-state index in [0.29, 0.717) is 12.0 Å². The maximum Gasteiger partial charge on any atom is 0.249 e. The molecule has 0 aromatic carbocycles. The molecule has 23 heavy (non-hydrogen) atoms. The summed E-state index contributed by atoms with van der Waals surface area (Å²) in [5.41, 5.74) is 6.01. The van der Waals surface area contributed by atoms with E-state index < -0.39 is 0 Å². The highest BCUT2D eigenvalue weighted by atomic mass is 35.5. The first-order valence-electron chi connectivity index (χ1n) is 9.24. The van der Waals surface area contributed by atoms with Crippen LogP contribution in [-0.2, 0) is 9.53 Å². The van der Waals surface area contributed by atoms with Crippen molar-refractivity contribution in [2.45, 2.75) is 76.5 Å². The van der Waals surface area contributed by atoms with Crippen molar-refractivity contribution in [2.24, 2.45) is 28.9 Å². The van der Waals surface area contributed by atoms with Crippen molar-refractivity contribution in [3.05, 3.63) is 0 Å². The maximum atomic E-state index is 12.5. The first-order valence-corrected chi connectivity index (χ1v) is 9.24. The van der Waals surface area contributed by atoms with Crippen molar-refractivity contribution in [1.29, 1.82) is 0 Å². The van der Waals surface area contributed by atoms with Gasteiger partial charge in [-0.3, -0.25) is 4.79 Å². The molecule has 0 aromatic rings. The second-order valence-corrected chi connectivity index (χ2v) is 8.57. The Bertz CT molecular complexity index is 421. The Hall–Kier alpha value is -0.320. The van der Waals surface area contributed by atoms with Crippen molar-refractivity contribution in [3.63, 3.8) is 0 Å². The third kappa shape index (κ3) is 3.14. The third-order valence-corrected chi connectivity index (χ3v) is 7.03. The van der Waals surface area contributed by atoms with Crippen molar-refractivity contribution < 1.29 is 9.53 Å². The quantitative estimate of drug-likeness (QED) is 0.825. The summed E-state index contributed by atoms with van der Waals surface area (Å²) in [5.74, 6) is 2.87. The van der Waals surface area contributed by atoms with E-state index in [9.17, 15) is 4.79 Å². The maximum absolute atomic E-state index is 12.5. The minimum absolute atomic E-state index is 0. The molecule has 1 aliphatic heterocycles. The van der Waals surface area contributed by atoms with Gasteiger partial charge in [-0.2, -0.15) is 0 Å². The van der Waals surface area contributed by atoms with Crippen molar-refractivity contribution in [2.75, 3.05) is 6.54 Å². The second kappa shape index (κ2) is 6.53. The molecule has 0 aromatic heterocycles. The fourth-order valence-electron chi connectivity index (χ4n) is 6.24. The third-order valence-electron chi connectivity index (χ3n) is 7.03. The summed E-state index contributed by atoms with van der Waals surface area (Å²) in [7, 11) is 0. The van der Waals surface area contributed by atoms with Gasteiger partial charge in [0.15, 0.2) is 0 Å². The molecule has 4 saturated carbocycles. The summed E-state index contributed by atoms with van der Waals surface area (Å²) in [6.45, 7) is 2.76. The van der Waals surface area contributed by atoms with Crippen LogP contribution in [0.1, 0.15) is 58.3 Å². The Kier molecular flexibility index (Phi) is 4.97. The molecule has 4 nitrogen and oxygen atoms in total. The topological polar surface area (TPSA) is 64.4 Å². The van der Waals surface area contributed by atoms with Crippen LogP contribution in [0, 0.1) is 23.2 Å². The van der Waals surface area contributed by atoms with Gasteiger partial charge >= 0.3 is 0 Å². The number of nitrogens with two attached hydrogens (primary N) is 1. The number of hydrogen-bond acceptors (Lipinski definition) is 3. The van der Waals surface area contributed by atoms with Gasteiger partial charge in [0.2, 0.25) is 5.91 Å². The van der Waals surface area contributed by atoms with Gasteiger partial charge in [-0.15, -0.1) is 12.4 Å². The van der Waals surface area contributed by atoms with Crippen molar-refractivity contribution >= 4 is 18.3 Å². The molecule has 132 valence electrons. The van der Waals surface area contributed by atoms with Gasteiger partial charge < -0.3 is 15.8 Å². The molecule has 5 aliphatic rings. The van der Waals surface area contributed by atoms with Crippen LogP contribution >= 0.6 is 12.4 Å². The smallest absolute Gasteiger partial charge is 0.249 e. The van der Waals surface area contributed by atoms with Gasteiger partial charge in [-0.1, -0.05) is 0 Å². The predicted molar refractivity (Wildman–Crippen MR) is 92.4 cm³/mol. The molecule has 1 saturated heterocycles. The molecule has 5 fully saturated rings. The summed E-state index contributed by atoms with van der Waals surface area (Å²) in [5, 5.41) is 3.32. The van der Waals surface area contributed by atoms with Gasteiger partial charge in [0.05, 0.1) is 6.10 Å². The molecule has 3 N–H and O–H groups in total. The highest BCUT2D eigenvalue weighted by molar-refractivity contribution is 5.85. The molecule has 0 spiro atoms. The lowest BCUT2D eigenvalue weighted by atomic mass is 9.48.